The first kappa shape index (κ1) is 19.6. The average Bonchev–Trinajstić information content (AvgIpc) is 2.55. The summed E-state index contributed by atoms with van der Waals surface area (Å²) < 4.78 is 5.45. The van der Waals surface area contributed by atoms with Crippen LogP contribution in [0.3, 0.4) is 0 Å². The number of benzene rings is 2. The number of halogens is 2. The summed E-state index contributed by atoms with van der Waals surface area (Å²) in [4.78, 5) is 12.1. The van der Waals surface area contributed by atoms with E-state index in [0.717, 1.165) is 12.0 Å². The standard InChI is InChI=1S/C20H23Cl2NO2/c1-13(2)10-15-4-6-16(7-5-15)14(3)23-20(24)12-25-19-11-17(21)8-9-18(19)22/h4-9,11,13-14H,10,12H2,1-3H3,(H,23,24)/t14-/m1/s1. The highest BCUT2D eigenvalue weighted by Gasteiger charge is 2.11. The highest BCUT2D eigenvalue weighted by molar-refractivity contribution is 6.34. The molecule has 0 saturated carbocycles. The molecule has 0 aliphatic heterocycles. The van der Waals surface area contributed by atoms with E-state index in [4.69, 9.17) is 27.9 Å². The van der Waals surface area contributed by atoms with Crippen LogP contribution in [-0.2, 0) is 11.2 Å². The Morgan fingerprint density at radius 1 is 1.08 bits per heavy atom. The molecule has 0 aliphatic rings. The number of amides is 1. The molecular formula is C20H23Cl2NO2. The number of ether oxygens (including phenoxy) is 1. The summed E-state index contributed by atoms with van der Waals surface area (Å²) in [6.07, 6.45) is 1.05. The molecule has 0 aromatic heterocycles. The molecule has 1 atom stereocenters. The number of carbonyl (C=O) groups excluding carboxylic acids is 1. The van der Waals surface area contributed by atoms with Gasteiger partial charge in [0, 0.05) is 11.1 Å². The molecule has 0 heterocycles. The van der Waals surface area contributed by atoms with Gasteiger partial charge in [-0.15, -0.1) is 0 Å². The van der Waals surface area contributed by atoms with Crippen molar-refractivity contribution < 1.29 is 9.53 Å². The van der Waals surface area contributed by atoms with Crippen LogP contribution in [0.2, 0.25) is 10.0 Å². The molecule has 0 aliphatic carbocycles. The van der Waals surface area contributed by atoms with Crippen LogP contribution in [0.1, 0.15) is 37.9 Å². The number of hydrogen-bond donors (Lipinski definition) is 1. The van der Waals surface area contributed by atoms with Crippen LogP contribution in [0.5, 0.6) is 5.75 Å². The van der Waals surface area contributed by atoms with Gasteiger partial charge in [-0.2, -0.15) is 0 Å². The smallest absolute Gasteiger partial charge is 0.258 e. The Morgan fingerprint density at radius 2 is 1.76 bits per heavy atom. The van der Waals surface area contributed by atoms with Crippen molar-refractivity contribution in [1.82, 2.24) is 5.32 Å². The van der Waals surface area contributed by atoms with Gasteiger partial charge in [0.1, 0.15) is 5.75 Å². The van der Waals surface area contributed by atoms with Crippen LogP contribution < -0.4 is 10.1 Å². The minimum atomic E-state index is -0.213. The van der Waals surface area contributed by atoms with E-state index < -0.39 is 0 Å². The molecule has 0 radical (unpaired) electrons. The van der Waals surface area contributed by atoms with Gasteiger partial charge in [-0.05, 0) is 42.5 Å². The molecule has 3 nitrogen and oxygen atoms in total. The largest absolute Gasteiger partial charge is 0.482 e. The van der Waals surface area contributed by atoms with E-state index in [1.54, 1.807) is 18.2 Å². The van der Waals surface area contributed by atoms with Gasteiger partial charge in [0.15, 0.2) is 6.61 Å². The van der Waals surface area contributed by atoms with Gasteiger partial charge in [0.05, 0.1) is 11.1 Å². The predicted molar refractivity (Wildman–Crippen MR) is 103 cm³/mol. The minimum Gasteiger partial charge on any atom is -0.482 e. The first-order valence-electron chi connectivity index (χ1n) is 8.31. The van der Waals surface area contributed by atoms with Crippen LogP contribution in [-0.4, -0.2) is 12.5 Å². The monoisotopic (exact) mass is 379 g/mol. The molecule has 0 fully saturated rings. The van der Waals surface area contributed by atoms with E-state index in [0.29, 0.717) is 21.7 Å². The molecule has 25 heavy (non-hydrogen) atoms. The van der Waals surface area contributed by atoms with Crippen LogP contribution in [0, 0.1) is 5.92 Å². The second kappa shape index (κ2) is 9.12. The molecule has 0 bridgehead atoms. The normalized spacial score (nSPS) is 12.1. The van der Waals surface area contributed by atoms with Crippen molar-refractivity contribution in [3.63, 3.8) is 0 Å². The van der Waals surface area contributed by atoms with Crippen LogP contribution in [0.25, 0.3) is 0 Å². The van der Waals surface area contributed by atoms with E-state index in [1.807, 2.05) is 6.92 Å². The highest BCUT2D eigenvalue weighted by atomic mass is 35.5. The molecule has 1 amide bonds. The fraction of sp³-hybridized carbons (Fsp3) is 0.350. The van der Waals surface area contributed by atoms with E-state index in [2.05, 4.69) is 43.4 Å². The zero-order chi connectivity index (χ0) is 18.4. The lowest BCUT2D eigenvalue weighted by molar-refractivity contribution is -0.123. The lowest BCUT2D eigenvalue weighted by atomic mass is 10.00. The molecule has 0 spiro atoms. The summed E-state index contributed by atoms with van der Waals surface area (Å²) in [5, 5.41) is 3.85. The second-order valence-electron chi connectivity index (χ2n) is 6.49. The number of nitrogens with one attached hydrogen (secondary N) is 1. The summed E-state index contributed by atoms with van der Waals surface area (Å²) in [7, 11) is 0. The van der Waals surface area contributed by atoms with E-state index in [1.165, 1.54) is 5.56 Å². The van der Waals surface area contributed by atoms with Crippen LogP contribution >= 0.6 is 23.2 Å². The zero-order valence-corrected chi connectivity index (χ0v) is 16.2. The Balaban J connectivity index is 1.88. The quantitative estimate of drug-likeness (QED) is 0.694. The lowest BCUT2D eigenvalue weighted by Gasteiger charge is -2.16. The number of rotatable bonds is 7. The average molecular weight is 380 g/mol. The van der Waals surface area contributed by atoms with E-state index in [9.17, 15) is 4.79 Å². The molecule has 134 valence electrons. The molecular weight excluding hydrogens is 357 g/mol. The Morgan fingerprint density at radius 3 is 2.40 bits per heavy atom. The molecule has 2 aromatic rings. The number of hydrogen-bond acceptors (Lipinski definition) is 2. The fourth-order valence-corrected chi connectivity index (χ4v) is 2.85. The summed E-state index contributed by atoms with van der Waals surface area (Å²) in [6, 6.07) is 13.1. The van der Waals surface area contributed by atoms with Gasteiger partial charge < -0.3 is 10.1 Å². The van der Waals surface area contributed by atoms with Crippen LogP contribution in [0.15, 0.2) is 42.5 Å². The third-order valence-corrected chi connectivity index (χ3v) is 4.30. The van der Waals surface area contributed by atoms with Gasteiger partial charge in [-0.3, -0.25) is 4.79 Å². The maximum absolute atomic E-state index is 12.1. The molecule has 2 rings (SSSR count). The van der Waals surface area contributed by atoms with Crippen molar-refractivity contribution in [3.8, 4) is 5.75 Å². The van der Waals surface area contributed by atoms with Gasteiger partial charge >= 0.3 is 0 Å². The predicted octanol–water partition coefficient (Wildman–Crippen LogP) is 5.45. The minimum absolute atomic E-state index is 0.0981. The van der Waals surface area contributed by atoms with Gasteiger partial charge in [-0.1, -0.05) is 61.3 Å². The zero-order valence-electron chi connectivity index (χ0n) is 14.7. The van der Waals surface area contributed by atoms with Crippen molar-refractivity contribution in [2.45, 2.75) is 33.2 Å². The van der Waals surface area contributed by atoms with Gasteiger partial charge in [0.25, 0.3) is 5.91 Å². The van der Waals surface area contributed by atoms with Gasteiger partial charge in [-0.25, -0.2) is 0 Å². The van der Waals surface area contributed by atoms with Crippen molar-refractivity contribution in [2.24, 2.45) is 5.92 Å². The van der Waals surface area contributed by atoms with Crippen molar-refractivity contribution in [1.29, 1.82) is 0 Å². The summed E-state index contributed by atoms with van der Waals surface area (Å²) in [5.41, 5.74) is 2.36. The Bertz CT molecular complexity index is 714. The SMILES string of the molecule is CC(C)Cc1ccc([C@@H](C)NC(=O)COc2cc(Cl)ccc2Cl)cc1. The molecule has 5 heteroatoms. The first-order valence-corrected chi connectivity index (χ1v) is 9.06. The third kappa shape index (κ3) is 6.26. The Hall–Kier alpha value is -1.71. The second-order valence-corrected chi connectivity index (χ2v) is 7.34. The molecule has 1 N–H and O–H groups in total. The van der Waals surface area contributed by atoms with Crippen LogP contribution in [0.4, 0.5) is 0 Å². The number of carbonyl (C=O) groups is 1. The summed E-state index contributed by atoms with van der Waals surface area (Å²) in [5.74, 6) is 0.809. The first-order chi connectivity index (χ1) is 11.8. The van der Waals surface area contributed by atoms with E-state index >= 15 is 0 Å². The maximum atomic E-state index is 12.1. The Labute approximate surface area is 159 Å². The van der Waals surface area contributed by atoms with Crippen molar-refractivity contribution in [2.75, 3.05) is 6.61 Å². The van der Waals surface area contributed by atoms with Crippen molar-refractivity contribution >= 4 is 29.1 Å². The summed E-state index contributed by atoms with van der Waals surface area (Å²) >= 11 is 11.9. The van der Waals surface area contributed by atoms with E-state index in [-0.39, 0.29) is 18.6 Å². The maximum Gasteiger partial charge on any atom is 0.258 e. The topological polar surface area (TPSA) is 38.3 Å². The molecule has 2 aromatic carbocycles. The molecule has 0 saturated heterocycles. The highest BCUT2D eigenvalue weighted by Crippen LogP contribution is 2.27. The Kier molecular flexibility index (Phi) is 7.15. The van der Waals surface area contributed by atoms with Crippen molar-refractivity contribution in [3.05, 3.63) is 63.6 Å². The third-order valence-electron chi connectivity index (χ3n) is 3.75. The lowest BCUT2D eigenvalue weighted by Crippen LogP contribution is -2.31. The van der Waals surface area contributed by atoms with Gasteiger partial charge in [0.2, 0.25) is 0 Å². The molecule has 0 unspecified atom stereocenters. The fourth-order valence-electron chi connectivity index (χ4n) is 2.51. The summed E-state index contributed by atoms with van der Waals surface area (Å²) in [6.45, 7) is 6.23.